The van der Waals surface area contributed by atoms with E-state index >= 15 is 0 Å². The molecule has 1 atom stereocenters. The van der Waals surface area contributed by atoms with Gasteiger partial charge in [0.05, 0.1) is 5.56 Å². The van der Waals surface area contributed by atoms with Crippen LogP contribution in [0.5, 0.6) is 0 Å². The second-order valence-corrected chi connectivity index (χ2v) is 5.20. The van der Waals surface area contributed by atoms with Gasteiger partial charge < -0.3 is 5.32 Å². The molecule has 112 valence electrons. The van der Waals surface area contributed by atoms with Crippen LogP contribution in [0, 0.1) is 18.6 Å². The molecule has 0 fully saturated rings. The summed E-state index contributed by atoms with van der Waals surface area (Å²) >= 11 is 0. The quantitative estimate of drug-likeness (QED) is 0.816. The largest absolute Gasteiger partial charge is 0.310 e. The van der Waals surface area contributed by atoms with Crippen molar-refractivity contribution in [1.29, 1.82) is 0 Å². The topological polar surface area (TPSA) is 12.0 Å². The SMILES string of the molecule is CCNC(CC)c1cccc(-c2c(F)ccc(C)c2F)c1. The van der Waals surface area contributed by atoms with E-state index in [-0.39, 0.29) is 11.6 Å². The van der Waals surface area contributed by atoms with Crippen LogP contribution in [0.4, 0.5) is 8.78 Å². The Morgan fingerprint density at radius 3 is 2.52 bits per heavy atom. The first kappa shape index (κ1) is 15.6. The van der Waals surface area contributed by atoms with E-state index in [1.807, 2.05) is 25.1 Å². The first-order valence-corrected chi connectivity index (χ1v) is 7.36. The molecule has 2 aromatic carbocycles. The van der Waals surface area contributed by atoms with E-state index < -0.39 is 11.6 Å². The Labute approximate surface area is 125 Å². The maximum Gasteiger partial charge on any atom is 0.136 e. The lowest BCUT2D eigenvalue weighted by atomic mass is 9.96. The zero-order valence-electron chi connectivity index (χ0n) is 12.7. The number of nitrogens with one attached hydrogen (secondary N) is 1. The monoisotopic (exact) mass is 289 g/mol. The van der Waals surface area contributed by atoms with Gasteiger partial charge in [0.2, 0.25) is 0 Å². The third-order valence-electron chi connectivity index (χ3n) is 3.72. The maximum absolute atomic E-state index is 14.3. The molecule has 1 nitrogen and oxygen atoms in total. The molecule has 0 aliphatic rings. The van der Waals surface area contributed by atoms with Crippen LogP contribution in [0.25, 0.3) is 11.1 Å². The molecule has 0 aliphatic heterocycles. The van der Waals surface area contributed by atoms with Gasteiger partial charge in [0.25, 0.3) is 0 Å². The zero-order valence-corrected chi connectivity index (χ0v) is 12.7. The van der Waals surface area contributed by atoms with Crippen molar-refractivity contribution in [2.45, 2.75) is 33.2 Å². The second kappa shape index (κ2) is 6.81. The molecule has 1 unspecified atom stereocenters. The molecule has 2 aromatic rings. The predicted octanol–water partition coefficient (Wildman–Crippen LogP) is 5.00. The van der Waals surface area contributed by atoms with Crippen molar-refractivity contribution in [2.75, 3.05) is 6.54 Å². The Hall–Kier alpha value is -1.74. The predicted molar refractivity (Wildman–Crippen MR) is 83.2 cm³/mol. The van der Waals surface area contributed by atoms with E-state index in [2.05, 4.69) is 12.2 Å². The van der Waals surface area contributed by atoms with Crippen molar-refractivity contribution in [1.82, 2.24) is 5.32 Å². The lowest BCUT2D eigenvalue weighted by molar-refractivity contribution is 0.537. The normalized spacial score (nSPS) is 12.4. The molecule has 21 heavy (non-hydrogen) atoms. The summed E-state index contributed by atoms with van der Waals surface area (Å²) in [6.45, 7) is 6.64. The first-order chi connectivity index (χ1) is 10.1. The van der Waals surface area contributed by atoms with Gasteiger partial charge in [-0.05, 0) is 48.7 Å². The molecule has 0 aromatic heterocycles. The zero-order chi connectivity index (χ0) is 15.4. The van der Waals surface area contributed by atoms with Crippen LogP contribution in [0.3, 0.4) is 0 Å². The molecular weight excluding hydrogens is 268 g/mol. The van der Waals surface area contributed by atoms with E-state index in [9.17, 15) is 8.78 Å². The van der Waals surface area contributed by atoms with Crippen LogP contribution < -0.4 is 5.32 Å². The van der Waals surface area contributed by atoms with Crippen LogP contribution in [-0.4, -0.2) is 6.54 Å². The fourth-order valence-corrected chi connectivity index (χ4v) is 2.58. The molecule has 3 heteroatoms. The molecule has 0 aliphatic carbocycles. The summed E-state index contributed by atoms with van der Waals surface area (Å²) in [5.74, 6) is -1.00. The highest BCUT2D eigenvalue weighted by atomic mass is 19.1. The van der Waals surface area contributed by atoms with E-state index in [4.69, 9.17) is 0 Å². The van der Waals surface area contributed by atoms with E-state index in [0.717, 1.165) is 18.5 Å². The van der Waals surface area contributed by atoms with Gasteiger partial charge >= 0.3 is 0 Å². The molecule has 0 saturated carbocycles. The lowest BCUT2D eigenvalue weighted by Gasteiger charge is -2.17. The van der Waals surface area contributed by atoms with Crippen LogP contribution in [0.15, 0.2) is 36.4 Å². The molecule has 0 bridgehead atoms. The van der Waals surface area contributed by atoms with E-state index in [1.165, 1.54) is 12.1 Å². The van der Waals surface area contributed by atoms with Crippen LogP contribution in [-0.2, 0) is 0 Å². The van der Waals surface area contributed by atoms with Crippen LogP contribution in [0.2, 0.25) is 0 Å². The third-order valence-corrected chi connectivity index (χ3v) is 3.72. The molecule has 0 spiro atoms. The number of hydrogen-bond donors (Lipinski definition) is 1. The molecule has 1 N–H and O–H groups in total. The highest BCUT2D eigenvalue weighted by Gasteiger charge is 2.15. The number of hydrogen-bond acceptors (Lipinski definition) is 1. The Morgan fingerprint density at radius 2 is 1.86 bits per heavy atom. The summed E-state index contributed by atoms with van der Waals surface area (Å²) in [5.41, 5.74) is 2.15. The maximum atomic E-state index is 14.3. The smallest absolute Gasteiger partial charge is 0.136 e. The Bertz CT molecular complexity index is 623. The third kappa shape index (κ3) is 3.30. The highest BCUT2D eigenvalue weighted by molar-refractivity contribution is 5.66. The van der Waals surface area contributed by atoms with Gasteiger partial charge in [-0.25, -0.2) is 8.78 Å². The molecule has 0 heterocycles. The Balaban J connectivity index is 2.49. The average Bonchev–Trinajstić information content (AvgIpc) is 2.49. The summed E-state index contributed by atoms with van der Waals surface area (Å²) in [7, 11) is 0. The summed E-state index contributed by atoms with van der Waals surface area (Å²) in [5, 5.41) is 3.38. The minimum atomic E-state index is -0.522. The second-order valence-electron chi connectivity index (χ2n) is 5.20. The van der Waals surface area contributed by atoms with Gasteiger partial charge in [-0.2, -0.15) is 0 Å². The van der Waals surface area contributed by atoms with E-state index in [0.29, 0.717) is 11.1 Å². The molecule has 2 rings (SSSR count). The molecule has 0 amide bonds. The Morgan fingerprint density at radius 1 is 1.10 bits per heavy atom. The van der Waals surface area contributed by atoms with Crippen molar-refractivity contribution < 1.29 is 8.78 Å². The fourth-order valence-electron chi connectivity index (χ4n) is 2.58. The summed E-state index contributed by atoms with van der Waals surface area (Å²) < 4.78 is 28.3. The summed E-state index contributed by atoms with van der Waals surface area (Å²) in [6.07, 6.45) is 0.927. The lowest BCUT2D eigenvalue weighted by Crippen LogP contribution is -2.20. The van der Waals surface area contributed by atoms with Crippen molar-refractivity contribution in [3.05, 3.63) is 59.2 Å². The van der Waals surface area contributed by atoms with Gasteiger partial charge in [0.1, 0.15) is 11.6 Å². The van der Waals surface area contributed by atoms with Crippen molar-refractivity contribution in [2.24, 2.45) is 0 Å². The van der Waals surface area contributed by atoms with Gasteiger partial charge in [-0.15, -0.1) is 0 Å². The summed E-state index contributed by atoms with van der Waals surface area (Å²) in [6, 6.07) is 10.5. The average molecular weight is 289 g/mol. The highest BCUT2D eigenvalue weighted by Crippen LogP contribution is 2.30. The van der Waals surface area contributed by atoms with Crippen LogP contribution in [0.1, 0.15) is 37.4 Å². The van der Waals surface area contributed by atoms with Crippen molar-refractivity contribution in [3.63, 3.8) is 0 Å². The van der Waals surface area contributed by atoms with Gasteiger partial charge in [-0.3, -0.25) is 0 Å². The minimum Gasteiger partial charge on any atom is -0.310 e. The first-order valence-electron chi connectivity index (χ1n) is 7.36. The number of rotatable bonds is 5. The van der Waals surface area contributed by atoms with Gasteiger partial charge in [-0.1, -0.05) is 38.1 Å². The van der Waals surface area contributed by atoms with Crippen LogP contribution >= 0.6 is 0 Å². The standard InChI is InChI=1S/C18H21F2N/c1-4-16(21-5-2)13-7-6-8-14(11-13)17-15(19)10-9-12(3)18(17)20/h6-11,16,21H,4-5H2,1-3H3. The minimum absolute atomic E-state index is 0.0585. The summed E-state index contributed by atoms with van der Waals surface area (Å²) in [4.78, 5) is 0. The fraction of sp³-hybridized carbons (Fsp3) is 0.333. The van der Waals surface area contributed by atoms with Crippen molar-refractivity contribution >= 4 is 0 Å². The Kier molecular flexibility index (Phi) is 5.07. The number of aryl methyl sites for hydroxylation is 1. The molecule has 0 saturated heterocycles. The number of benzene rings is 2. The molecular formula is C18H21F2N. The number of halogens is 2. The van der Waals surface area contributed by atoms with Gasteiger partial charge in [0.15, 0.2) is 0 Å². The van der Waals surface area contributed by atoms with E-state index in [1.54, 1.807) is 13.0 Å². The molecule has 0 radical (unpaired) electrons. The van der Waals surface area contributed by atoms with Gasteiger partial charge in [0, 0.05) is 6.04 Å². The van der Waals surface area contributed by atoms with Crippen molar-refractivity contribution in [3.8, 4) is 11.1 Å².